The van der Waals surface area contributed by atoms with Crippen LogP contribution < -0.4 is 16.6 Å². The number of halogens is 2. The molecule has 1 aliphatic heterocycles. The summed E-state index contributed by atoms with van der Waals surface area (Å²) in [7, 11) is 0. The van der Waals surface area contributed by atoms with Crippen molar-refractivity contribution in [3.8, 4) is 22.6 Å². The average molecular weight is 625 g/mol. The number of phenolic OH excluding ortho intramolecular Hbond substituents is 1. The molecular weight excluding hydrogens is 590 g/mol. The van der Waals surface area contributed by atoms with E-state index in [1.807, 2.05) is 19.1 Å². The monoisotopic (exact) mass is 624 g/mol. The maximum absolute atomic E-state index is 14.4. The predicted octanol–water partition coefficient (Wildman–Crippen LogP) is 5.67. The SMILES string of the molecule is C=N/C(=C\N1C=C(F)C=CC1)CNC1CCC(n2c(=O)c3cc(F)cnc3n(-c3cccc(-c4ccc(O)cc4C)c3)c2=O)CC1. The van der Waals surface area contributed by atoms with Gasteiger partial charge in [-0.15, -0.1) is 0 Å². The summed E-state index contributed by atoms with van der Waals surface area (Å²) in [6, 6.07) is 13.2. The third-order valence-electron chi connectivity index (χ3n) is 8.55. The zero-order valence-corrected chi connectivity index (χ0v) is 25.4. The number of phenols is 1. The summed E-state index contributed by atoms with van der Waals surface area (Å²) in [5, 5.41) is 13.4. The molecule has 2 aromatic carbocycles. The van der Waals surface area contributed by atoms with Gasteiger partial charge in [-0.1, -0.05) is 24.3 Å². The molecule has 0 amide bonds. The average Bonchev–Trinajstić information content (AvgIpc) is 3.04. The third kappa shape index (κ3) is 6.32. The number of pyridine rings is 1. The Kier molecular flexibility index (Phi) is 8.76. The first-order valence-electron chi connectivity index (χ1n) is 15.2. The molecule has 2 N–H and O–H groups in total. The van der Waals surface area contributed by atoms with Crippen molar-refractivity contribution < 1.29 is 13.9 Å². The molecule has 6 rings (SSSR count). The Bertz CT molecular complexity index is 2020. The number of nitrogens with zero attached hydrogens (tertiary/aromatic N) is 5. The first-order valence-corrected chi connectivity index (χ1v) is 15.2. The van der Waals surface area contributed by atoms with Crippen LogP contribution in [0.15, 0.2) is 105 Å². The molecule has 0 atom stereocenters. The van der Waals surface area contributed by atoms with Crippen molar-refractivity contribution in [2.45, 2.75) is 44.7 Å². The molecule has 236 valence electrons. The fourth-order valence-corrected chi connectivity index (χ4v) is 6.27. The lowest BCUT2D eigenvalue weighted by atomic mass is 9.91. The number of fused-ring (bicyclic) bond motifs is 1. The van der Waals surface area contributed by atoms with E-state index in [-0.39, 0.29) is 34.7 Å². The highest BCUT2D eigenvalue weighted by Crippen LogP contribution is 2.30. The summed E-state index contributed by atoms with van der Waals surface area (Å²) in [4.78, 5) is 37.9. The maximum atomic E-state index is 14.4. The quantitative estimate of drug-likeness (QED) is 0.245. The molecule has 4 aromatic rings. The van der Waals surface area contributed by atoms with E-state index in [9.17, 15) is 23.5 Å². The van der Waals surface area contributed by atoms with Crippen molar-refractivity contribution in [3.63, 3.8) is 0 Å². The molecule has 0 spiro atoms. The van der Waals surface area contributed by atoms with Gasteiger partial charge in [-0.2, -0.15) is 0 Å². The molecule has 2 aliphatic rings. The number of aromatic nitrogens is 3. The lowest BCUT2D eigenvalue weighted by molar-refractivity contribution is 0.284. The van der Waals surface area contributed by atoms with Crippen LogP contribution in [-0.4, -0.2) is 50.0 Å². The molecule has 3 heterocycles. The van der Waals surface area contributed by atoms with Crippen LogP contribution in [0.1, 0.15) is 37.3 Å². The van der Waals surface area contributed by atoms with Crippen molar-refractivity contribution in [3.05, 3.63) is 123 Å². The summed E-state index contributed by atoms with van der Waals surface area (Å²) in [5.74, 6) is -0.846. The van der Waals surface area contributed by atoms with Crippen molar-refractivity contribution in [2.75, 3.05) is 13.1 Å². The Morgan fingerprint density at radius 2 is 1.93 bits per heavy atom. The van der Waals surface area contributed by atoms with E-state index in [1.54, 1.807) is 47.5 Å². The molecule has 0 radical (unpaired) electrons. The van der Waals surface area contributed by atoms with Crippen molar-refractivity contribution >= 4 is 17.8 Å². The highest BCUT2D eigenvalue weighted by Gasteiger charge is 2.27. The fraction of sp³-hybridized carbons (Fsp3) is 0.257. The smallest absolute Gasteiger partial charge is 0.337 e. The van der Waals surface area contributed by atoms with Gasteiger partial charge in [-0.05, 0) is 92.4 Å². The molecule has 1 aliphatic carbocycles. The van der Waals surface area contributed by atoms with Crippen LogP contribution in [0.2, 0.25) is 0 Å². The number of nitrogens with one attached hydrogen (secondary N) is 1. The topological polar surface area (TPSA) is 105 Å². The van der Waals surface area contributed by atoms with Gasteiger partial charge < -0.3 is 15.3 Å². The minimum absolute atomic E-state index is 0.0240. The third-order valence-corrected chi connectivity index (χ3v) is 8.55. The number of rotatable bonds is 8. The lowest BCUT2D eigenvalue weighted by Crippen LogP contribution is -2.44. The Labute approximate surface area is 264 Å². The largest absolute Gasteiger partial charge is 0.508 e. The first-order chi connectivity index (χ1) is 22.2. The zero-order valence-electron chi connectivity index (χ0n) is 25.4. The van der Waals surface area contributed by atoms with E-state index in [4.69, 9.17) is 0 Å². The molecular formula is C35H34F2N6O3. The Morgan fingerprint density at radius 3 is 2.67 bits per heavy atom. The maximum Gasteiger partial charge on any atom is 0.337 e. The van der Waals surface area contributed by atoms with Gasteiger partial charge in [0.2, 0.25) is 0 Å². The van der Waals surface area contributed by atoms with E-state index >= 15 is 0 Å². The Hall–Kier alpha value is -5.16. The van der Waals surface area contributed by atoms with Gasteiger partial charge in [0.15, 0.2) is 5.65 Å². The van der Waals surface area contributed by atoms with Crippen LogP contribution in [0.3, 0.4) is 0 Å². The van der Waals surface area contributed by atoms with E-state index in [2.05, 4.69) is 22.0 Å². The highest BCUT2D eigenvalue weighted by molar-refractivity contribution is 5.77. The number of aryl methyl sites for hydroxylation is 1. The van der Waals surface area contributed by atoms with Crippen LogP contribution in [0, 0.1) is 12.7 Å². The second-order valence-corrected chi connectivity index (χ2v) is 11.6. The molecule has 1 saturated carbocycles. The molecule has 11 heteroatoms. The first kappa shape index (κ1) is 30.8. The van der Waals surface area contributed by atoms with E-state index in [0.717, 1.165) is 29.0 Å². The van der Waals surface area contributed by atoms with Gasteiger partial charge in [0.05, 0.1) is 23.0 Å². The van der Waals surface area contributed by atoms with Crippen LogP contribution in [-0.2, 0) is 0 Å². The molecule has 0 saturated heterocycles. The van der Waals surface area contributed by atoms with Gasteiger partial charge >= 0.3 is 5.69 Å². The predicted molar refractivity (Wildman–Crippen MR) is 175 cm³/mol. The van der Waals surface area contributed by atoms with E-state index in [1.165, 1.54) is 21.4 Å². The fourth-order valence-electron chi connectivity index (χ4n) is 6.27. The normalized spacial score (nSPS) is 18.5. The van der Waals surface area contributed by atoms with E-state index in [0.29, 0.717) is 50.2 Å². The van der Waals surface area contributed by atoms with Crippen molar-refractivity contribution in [1.82, 2.24) is 24.3 Å². The van der Waals surface area contributed by atoms with Crippen molar-refractivity contribution in [2.24, 2.45) is 4.99 Å². The van der Waals surface area contributed by atoms with Gasteiger partial charge in [-0.25, -0.2) is 23.1 Å². The lowest BCUT2D eigenvalue weighted by Gasteiger charge is -2.30. The number of aromatic hydroxyl groups is 1. The van der Waals surface area contributed by atoms with Crippen LogP contribution in [0.25, 0.3) is 27.8 Å². The molecule has 46 heavy (non-hydrogen) atoms. The van der Waals surface area contributed by atoms with Crippen LogP contribution >= 0.6 is 0 Å². The second kappa shape index (κ2) is 13.1. The Balaban J connectivity index is 1.28. The number of hydrogen-bond donors (Lipinski definition) is 2. The zero-order chi connectivity index (χ0) is 32.4. The summed E-state index contributed by atoms with van der Waals surface area (Å²) in [6.45, 7) is 6.49. The molecule has 0 bridgehead atoms. The number of aliphatic imine (C=N–C) groups is 1. The molecule has 9 nitrogen and oxygen atoms in total. The minimum atomic E-state index is -0.666. The van der Waals surface area contributed by atoms with Crippen LogP contribution in [0.5, 0.6) is 5.75 Å². The summed E-state index contributed by atoms with van der Waals surface area (Å²) in [5.41, 5.74) is 2.65. The van der Waals surface area contributed by atoms with Crippen LogP contribution in [0.4, 0.5) is 8.78 Å². The number of benzene rings is 2. The van der Waals surface area contributed by atoms with Gasteiger partial charge in [0, 0.05) is 37.6 Å². The number of allylic oxidation sites excluding steroid dienone is 2. The minimum Gasteiger partial charge on any atom is -0.508 e. The van der Waals surface area contributed by atoms with Gasteiger partial charge in [0.1, 0.15) is 17.4 Å². The van der Waals surface area contributed by atoms with E-state index < -0.39 is 17.1 Å². The Morgan fingerprint density at radius 1 is 1.13 bits per heavy atom. The van der Waals surface area contributed by atoms with Crippen molar-refractivity contribution in [1.29, 1.82) is 0 Å². The van der Waals surface area contributed by atoms with Gasteiger partial charge in [0.25, 0.3) is 5.56 Å². The summed E-state index contributed by atoms with van der Waals surface area (Å²) in [6.07, 6.45) is 9.78. The molecule has 0 unspecified atom stereocenters. The molecule has 2 aromatic heterocycles. The summed E-state index contributed by atoms with van der Waals surface area (Å²) < 4.78 is 30.6. The van der Waals surface area contributed by atoms with Gasteiger partial charge in [-0.3, -0.25) is 14.4 Å². The highest BCUT2D eigenvalue weighted by atomic mass is 19.1. The number of hydrogen-bond acceptors (Lipinski definition) is 7. The summed E-state index contributed by atoms with van der Waals surface area (Å²) >= 11 is 0. The molecule has 1 fully saturated rings. The standard InChI is InChI=1S/C35H34F2N6O3/c1-22-15-30(44)12-13-31(22)23-5-3-7-29(16-23)42-33-32(17-25(37)18-40-33)34(45)43(35(42)46)28-10-8-26(9-11-28)39-19-27(38-2)21-41-14-4-6-24(36)20-41/h3-7,12-13,15-18,20-21,26,28,39,44H,2,8-11,14,19H2,1H3/b27-21-. The second-order valence-electron chi connectivity index (χ2n) is 11.6.